The van der Waals surface area contributed by atoms with E-state index in [2.05, 4.69) is 9.97 Å². The summed E-state index contributed by atoms with van der Waals surface area (Å²) in [7, 11) is 2.84. The molecule has 1 aromatic carbocycles. The van der Waals surface area contributed by atoms with Gasteiger partial charge < -0.3 is 18.8 Å². The van der Waals surface area contributed by atoms with Gasteiger partial charge in [-0.3, -0.25) is 14.6 Å². The molecule has 0 aliphatic rings. The number of aryl methyl sites for hydroxylation is 1. The van der Waals surface area contributed by atoms with Crippen molar-refractivity contribution >= 4 is 11.9 Å². The van der Waals surface area contributed by atoms with Crippen LogP contribution in [-0.4, -0.2) is 47.5 Å². The third-order valence-electron chi connectivity index (χ3n) is 4.22. The number of methoxy groups -OCH3 is 2. The molecule has 0 saturated carbocycles. The Labute approximate surface area is 168 Å². The summed E-state index contributed by atoms with van der Waals surface area (Å²) < 4.78 is 15.7. The van der Waals surface area contributed by atoms with Crippen LogP contribution in [0.4, 0.5) is 0 Å². The van der Waals surface area contributed by atoms with Crippen LogP contribution in [-0.2, 0) is 16.1 Å². The van der Waals surface area contributed by atoms with Crippen LogP contribution in [0.25, 0.3) is 11.5 Å². The molecule has 0 unspecified atom stereocenters. The van der Waals surface area contributed by atoms with Crippen molar-refractivity contribution in [3.63, 3.8) is 0 Å². The number of esters is 1. The van der Waals surface area contributed by atoms with Gasteiger partial charge in [-0.05, 0) is 37.3 Å². The van der Waals surface area contributed by atoms with Crippen LogP contribution in [0.5, 0.6) is 5.75 Å². The van der Waals surface area contributed by atoms with E-state index in [-0.39, 0.29) is 18.8 Å². The Morgan fingerprint density at radius 1 is 1.14 bits per heavy atom. The van der Waals surface area contributed by atoms with Gasteiger partial charge in [0.1, 0.15) is 12.3 Å². The lowest BCUT2D eigenvalue weighted by Gasteiger charge is -2.20. The van der Waals surface area contributed by atoms with Crippen LogP contribution in [0.1, 0.15) is 21.9 Å². The molecule has 2 heterocycles. The summed E-state index contributed by atoms with van der Waals surface area (Å²) in [5.41, 5.74) is 1.73. The highest BCUT2D eigenvalue weighted by atomic mass is 16.5. The van der Waals surface area contributed by atoms with Crippen molar-refractivity contribution in [1.29, 1.82) is 0 Å². The summed E-state index contributed by atoms with van der Waals surface area (Å²) in [5, 5.41) is 0. The number of ether oxygens (including phenoxy) is 2. The molecule has 0 aliphatic carbocycles. The van der Waals surface area contributed by atoms with E-state index in [1.54, 1.807) is 50.6 Å². The number of oxazole rings is 1. The average molecular weight is 395 g/mol. The van der Waals surface area contributed by atoms with Gasteiger partial charge in [-0.2, -0.15) is 0 Å². The third-order valence-corrected chi connectivity index (χ3v) is 4.22. The van der Waals surface area contributed by atoms with Crippen LogP contribution < -0.4 is 4.74 Å². The molecule has 29 heavy (non-hydrogen) atoms. The van der Waals surface area contributed by atoms with Crippen molar-refractivity contribution in [2.75, 3.05) is 20.8 Å². The molecule has 0 atom stereocenters. The lowest BCUT2D eigenvalue weighted by Crippen LogP contribution is -2.36. The first-order chi connectivity index (χ1) is 14.0. The number of nitrogens with zero attached hydrogens (tertiary/aromatic N) is 3. The molecule has 3 aromatic rings. The van der Waals surface area contributed by atoms with E-state index in [0.717, 1.165) is 0 Å². The zero-order chi connectivity index (χ0) is 20.8. The lowest BCUT2D eigenvalue weighted by molar-refractivity contribution is -0.141. The Bertz CT molecular complexity index is 1000. The van der Waals surface area contributed by atoms with Crippen molar-refractivity contribution in [1.82, 2.24) is 14.9 Å². The summed E-state index contributed by atoms with van der Waals surface area (Å²) in [5.74, 6) is -0.0170. The number of aromatic nitrogens is 2. The fraction of sp³-hybridized carbons (Fsp3) is 0.238. The van der Waals surface area contributed by atoms with Crippen molar-refractivity contribution in [3.05, 3.63) is 65.8 Å². The average Bonchev–Trinajstić information content (AvgIpc) is 3.15. The smallest absolute Gasteiger partial charge is 0.325 e. The van der Waals surface area contributed by atoms with Gasteiger partial charge in [-0.25, -0.2) is 4.98 Å². The minimum atomic E-state index is -0.542. The number of hydrogen-bond acceptors (Lipinski definition) is 7. The summed E-state index contributed by atoms with van der Waals surface area (Å²) in [4.78, 5) is 34.9. The van der Waals surface area contributed by atoms with Gasteiger partial charge in [0.15, 0.2) is 0 Å². The topological polar surface area (TPSA) is 94.8 Å². The first-order valence-electron chi connectivity index (χ1n) is 8.89. The lowest BCUT2D eigenvalue weighted by atomic mass is 10.2. The molecular weight excluding hydrogens is 374 g/mol. The second-order valence-corrected chi connectivity index (χ2v) is 6.22. The number of amides is 1. The predicted molar refractivity (Wildman–Crippen MR) is 104 cm³/mol. The van der Waals surface area contributed by atoms with Crippen molar-refractivity contribution in [3.8, 4) is 17.2 Å². The maximum Gasteiger partial charge on any atom is 0.325 e. The Kier molecular flexibility index (Phi) is 6.23. The zero-order valence-electron chi connectivity index (χ0n) is 16.4. The van der Waals surface area contributed by atoms with Gasteiger partial charge in [0.25, 0.3) is 5.91 Å². The molecule has 8 heteroatoms. The van der Waals surface area contributed by atoms with E-state index in [0.29, 0.717) is 28.6 Å². The fourth-order valence-electron chi connectivity index (χ4n) is 2.73. The fourth-order valence-corrected chi connectivity index (χ4v) is 2.73. The highest BCUT2D eigenvalue weighted by Gasteiger charge is 2.26. The zero-order valence-corrected chi connectivity index (χ0v) is 16.4. The summed E-state index contributed by atoms with van der Waals surface area (Å²) in [6, 6.07) is 12.5. The second kappa shape index (κ2) is 9.01. The Hall–Kier alpha value is -3.68. The first-order valence-corrected chi connectivity index (χ1v) is 8.89. The SMILES string of the molecule is COC(=O)CN(Cc1ccccn1)C(=O)c1oc(-c2cccc(OC)c2)nc1C. The third kappa shape index (κ3) is 4.78. The van der Waals surface area contributed by atoms with E-state index < -0.39 is 11.9 Å². The summed E-state index contributed by atoms with van der Waals surface area (Å²) in [6.45, 7) is 1.57. The molecule has 0 radical (unpaired) electrons. The summed E-state index contributed by atoms with van der Waals surface area (Å²) in [6.07, 6.45) is 1.62. The standard InChI is InChI=1S/C21H21N3O5/c1-14-19(29-20(23-14)15-7-6-9-17(11-15)27-2)21(26)24(13-18(25)28-3)12-16-8-4-5-10-22-16/h4-11H,12-13H2,1-3H3. The van der Waals surface area contributed by atoms with Gasteiger partial charge in [-0.1, -0.05) is 12.1 Å². The van der Waals surface area contributed by atoms with Gasteiger partial charge in [0.2, 0.25) is 11.7 Å². The predicted octanol–water partition coefficient (Wildman–Crippen LogP) is 2.87. The molecular formula is C21H21N3O5. The molecule has 8 nitrogen and oxygen atoms in total. The van der Waals surface area contributed by atoms with E-state index >= 15 is 0 Å². The molecule has 2 aromatic heterocycles. The van der Waals surface area contributed by atoms with Crippen molar-refractivity contribution in [2.45, 2.75) is 13.5 Å². The van der Waals surface area contributed by atoms with E-state index in [9.17, 15) is 9.59 Å². The molecule has 3 rings (SSSR count). The number of pyridine rings is 1. The maximum atomic E-state index is 13.1. The largest absolute Gasteiger partial charge is 0.497 e. The summed E-state index contributed by atoms with van der Waals surface area (Å²) >= 11 is 0. The van der Waals surface area contributed by atoms with Crippen LogP contribution >= 0.6 is 0 Å². The van der Waals surface area contributed by atoms with Gasteiger partial charge >= 0.3 is 5.97 Å². The van der Waals surface area contributed by atoms with Gasteiger partial charge in [-0.15, -0.1) is 0 Å². The molecule has 0 bridgehead atoms. The quantitative estimate of drug-likeness (QED) is 0.568. The Morgan fingerprint density at radius 3 is 2.66 bits per heavy atom. The molecule has 1 amide bonds. The van der Waals surface area contributed by atoms with E-state index in [1.165, 1.54) is 12.0 Å². The highest BCUT2D eigenvalue weighted by molar-refractivity contribution is 5.94. The number of benzene rings is 1. The molecule has 0 saturated heterocycles. The van der Waals surface area contributed by atoms with Crippen molar-refractivity contribution in [2.24, 2.45) is 0 Å². The number of hydrogen-bond donors (Lipinski definition) is 0. The highest BCUT2D eigenvalue weighted by Crippen LogP contribution is 2.26. The first kappa shape index (κ1) is 20.1. The van der Waals surface area contributed by atoms with Crippen LogP contribution in [0.3, 0.4) is 0 Å². The Balaban J connectivity index is 1.90. The molecule has 0 fully saturated rings. The second-order valence-electron chi connectivity index (χ2n) is 6.22. The van der Waals surface area contributed by atoms with E-state index in [4.69, 9.17) is 13.9 Å². The van der Waals surface area contributed by atoms with Gasteiger partial charge in [0, 0.05) is 11.8 Å². The van der Waals surface area contributed by atoms with Crippen LogP contribution in [0.15, 0.2) is 53.1 Å². The van der Waals surface area contributed by atoms with E-state index in [1.807, 2.05) is 12.1 Å². The molecule has 150 valence electrons. The number of rotatable bonds is 7. The Morgan fingerprint density at radius 2 is 1.97 bits per heavy atom. The normalized spacial score (nSPS) is 10.4. The molecule has 0 spiro atoms. The maximum absolute atomic E-state index is 13.1. The number of carbonyl (C=O) groups excluding carboxylic acids is 2. The van der Waals surface area contributed by atoms with Gasteiger partial charge in [0.05, 0.1) is 32.2 Å². The minimum Gasteiger partial charge on any atom is -0.497 e. The van der Waals surface area contributed by atoms with Crippen LogP contribution in [0.2, 0.25) is 0 Å². The number of carbonyl (C=O) groups is 2. The monoisotopic (exact) mass is 395 g/mol. The molecule has 0 aliphatic heterocycles. The van der Waals surface area contributed by atoms with Crippen molar-refractivity contribution < 1.29 is 23.5 Å². The minimum absolute atomic E-state index is 0.0580. The molecule has 0 N–H and O–H groups in total. The van der Waals surface area contributed by atoms with Crippen LogP contribution in [0, 0.1) is 6.92 Å².